The van der Waals surface area contributed by atoms with E-state index in [2.05, 4.69) is 12.2 Å². The number of benzene rings is 1. The highest BCUT2D eigenvalue weighted by Crippen LogP contribution is 2.48. The molecule has 0 spiro atoms. The van der Waals surface area contributed by atoms with Crippen LogP contribution in [0.4, 0.5) is 5.69 Å². The zero-order valence-corrected chi connectivity index (χ0v) is 14.9. The van der Waals surface area contributed by atoms with Crippen molar-refractivity contribution in [3.8, 4) is 0 Å². The maximum atomic E-state index is 13.0. The molecule has 2 aliphatic rings. The van der Waals surface area contributed by atoms with Crippen LogP contribution in [0.1, 0.15) is 56.6 Å². The number of aryl methyl sites for hydroxylation is 2. The first-order chi connectivity index (χ1) is 11.6. The second-order valence-electron chi connectivity index (χ2n) is 7.21. The molecular weight excluding hydrogens is 300 g/mol. The van der Waals surface area contributed by atoms with E-state index in [9.17, 15) is 9.59 Å². The van der Waals surface area contributed by atoms with Gasteiger partial charge in [0.25, 0.3) is 0 Å². The molecule has 2 fully saturated rings. The molecular formula is C20H28N2O2. The van der Waals surface area contributed by atoms with Gasteiger partial charge in [-0.3, -0.25) is 9.59 Å². The quantitative estimate of drug-likeness (QED) is 0.857. The fraction of sp³-hybridized carbons (Fsp3) is 0.600. The number of anilines is 1. The molecule has 1 aromatic carbocycles. The van der Waals surface area contributed by atoms with Crippen LogP contribution in [0.25, 0.3) is 0 Å². The molecule has 1 aliphatic heterocycles. The van der Waals surface area contributed by atoms with Crippen molar-refractivity contribution in [2.75, 3.05) is 18.4 Å². The molecule has 4 nitrogen and oxygen atoms in total. The number of carbonyl (C=O) groups excluding carboxylic acids is 2. The average molecular weight is 328 g/mol. The minimum Gasteiger partial charge on any atom is -0.342 e. The van der Waals surface area contributed by atoms with Gasteiger partial charge in [0.15, 0.2) is 0 Å². The topological polar surface area (TPSA) is 49.4 Å². The van der Waals surface area contributed by atoms with E-state index in [0.29, 0.717) is 12.8 Å². The molecule has 1 saturated heterocycles. The van der Waals surface area contributed by atoms with Crippen LogP contribution in [0.3, 0.4) is 0 Å². The number of hydrogen-bond acceptors (Lipinski definition) is 2. The molecule has 0 aromatic heterocycles. The third-order valence-corrected chi connectivity index (χ3v) is 5.47. The Hall–Kier alpha value is -1.84. The Kier molecular flexibility index (Phi) is 4.93. The second-order valence-corrected chi connectivity index (χ2v) is 7.21. The zero-order chi connectivity index (χ0) is 17.2. The van der Waals surface area contributed by atoms with Crippen LogP contribution in [0, 0.1) is 12.3 Å². The van der Waals surface area contributed by atoms with Crippen molar-refractivity contribution in [2.45, 2.75) is 58.8 Å². The van der Waals surface area contributed by atoms with Crippen LogP contribution >= 0.6 is 0 Å². The van der Waals surface area contributed by atoms with Crippen LogP contribution in [0.2, 0.25) is 0 Å². The molecule has 4 heteroatoms. The third-order valence-electron chi connectivity index (χ3n) is 5.47. The predicted molar refractivity (Wildman–Crippen MR) is 95.9 cm³/mol. The molecule has 1 N–H and O–H groups in total. The van der Waals surface area contributed by atoms with Gasteiger partial charge in [0.1, 0.15) is 5.41 Å². The van der Waals surface area contributed by atoms with Gasteiger partial charge in [-0.05, 0) is 50.2 Å². The van der Waals surface area contributed by atoms with E-state index in [1.165, 1.54) is 12.8 Å². The summed E-state index contributed by atoms with van der Waals surface area (Å²) in [5.74, 6) is -0.0609. The van der Waals surface area contributed by atoms with Gasteiger partial charge in [0.05, 0.1) is 0 Å². The zero-order valence-electron chi connectivity index (χ0n) is 14.9. The van der Waals surface area contributed by atoms with Crippen LogP contribution in [-0.4, -0.2) is 29.8 Å². The summed E-state index contributed by atoms with van der Waals surface area (Å²) in [5, 5.41) is 3.08. The minimum atomic E-state index is -0.808. The van der Waals surface area contributed by atoms with Gasteiger partial charge in [-0.15, -0.1) is 0 Å². The number of amides is 2. The van der Waals surface area contributed by atoms with Gasteiger partial charge < -0.3 is 10.2 Å². The number of nitrogens with one attached hydrogen (secondary N) is 1. The van der Waals surface area contributed by atoms with Gasteiger partial charge in [-0.2, -0.15) is 0 Å². The Morgan fingerprint density at radius 3 is 2.38 bits per heavy atom. The smallest absolute Gasteiger partial charge is 0.240 e. The van der Waals surface area contributed by atoms with Gasteiger partial charge in [-0.1, -0.05) is 38.0 Å². The normalized spacial score (nSPS) is 19.5. The average Bonchev–Trinajstić information content (AvgIpc) is 3.41. The lowest BCUT2D eigenvalue weighted by molar-refractivity contribution is -0.142. The molecule has 1 saturated carbocycles. The van der Waals surface area contributed by atoms with Gasteiger partial charge in [-0.25, -0.2) is 0 Å². The van der Waals surface area contributed by atoms with Crippen LogP contribution in [0.5, 0.6) is 0 Å². The maximum Gasteiger partial charge on any atom is 0.240 e. The van der Waals surface area contributed by atoms with E-state index in [4.69, 9.17) is 0 Å². The molecule has 1 heterocycles. The van der Waals surface area contributed by atoms with Crippen molar-refractivity contribution >= 4 is 17.5 Å². The molecule has 130 valence electrons. The Bertz CT molecular complexity index is 627. The molecule has 3 rings (SSSR count). The lowest BCUT2D eigenvalue weighted by Gasteiger charge is -2.26. The molecule has 0 unspecified atom stereocenters. The Balaban J connectivity index is 1.76. The van der Waals surface area contributed by atoms with Gasteiger partial charge in [0.2, 0.25) is 11.8 Å². The molecule has 0 atom stereocenters. The van der Waals surface area contributed by atoms with E-state index >= 15 is 0 Å². The molecule has 24 heavy (non-hydrogen) atoms. The van der Waals surface area contributed by atoms with E-state index < -0.39 is 5.41 Å². The Morgan fingerprint density at radius 2 is 1.79 bits per heavy atom. The van der Waals surface area contributed by atoms with E-state index in [-0.39, 0.29) is 11.8 Å². The van der Waals surface area contributed by atoms with Crippen molar-refractivity contribution in [3.05, 3.63) is 29.3 Å². The third kappa shape index (κ3) is 3.19. The molecule has 1 aromatic rings. The van der Waals surface area contributed by atoms with E-state index in [1.54, 1.807) is 0 Å². The van der Waals surface area contributed by atoms with Crippen LogP contribution < -0.4 is 5.32 Å². The largest absolute Gasteiger partial charge is 0.342 e. The number of para-hydroxylation sites is 1. The highest BCUT2D eigenvalue weighted by Gasteiger charge is 2.58. The standard InChI is InChI=1S/C20H28N2O2/c1-3-16-10-8-9-15(2)17(16)21-18(23)20(11-12-20)19(24)22-13-6-4-5-7-14-22/h8-10H,3-7,11-14H2,1-2H3,(H,21,23). The summed E-state index contributed by atoms with van der Waals surface area (Å²) in [4.78, 5) is 27.8. The first-order valence-corrected chi connectivity index (χ1v) is 9.28. The number of likely N-dealkylation sites (tertiary alicyclic amines) is 1. The first-order valence-electron chi connectivity index (χ1n) is 9.28. The van der Waals surface area contributed by atoms with Gasteiger partial charge in [0, 0.05) is 18.8 Å². The fourth-order valence-electron chi connectivity index (χ4n) is 3.67. The first kappa shape index (κ1) is 17.0. The predicted octanol–water partition coefficient (Wildman–Crippen LogP) is 3.68. The lowest BCUT2D eigenvalue weighted by atomic mass is 10.0. The summed E-state index contributed by atoms with van der Waals surface area (Å²) in [7, 11) is 0. The van der Waals surface area contributed by atoms with Crippen LogP contribution in [0.15, 0.2) is 18.2 Å². The summed E-state index contributed by atoms with van der Waals surface area (Å²) in [6.07, 6.45) is 6.72. The van der Waals surface area contributed by atoms with Crippen molar-refractivity contribution in [1.29, 1.82) is 0 Å². The summed E-state index contributed by atoms with van der Waals surface area (Å²) >= 11 is 0. The summed E-state index contributed by atoms with van der Waals surface area (Å²) < 4.78 is 0. The highest BCUT2D eigenvalue weighted by molar-refractivity contribution is 6.13. The van der Waals surface area contributed by atoms with Crippen molar-refractivity contribution in [2.24, 2.45) is 5.41 Å². The highest BCUT2D eigenvalue weighted by atomic mass is 16.2. The SMILES string of the molecule is CCc1cccc(C)c1NC(=O)C1(C(=O)N2CCCCCC2)CC1. The van der Waals surface area contributed by atoms with Crippen molar-refractivity contribution < 1.29 is 9.59 Å². The molecule has 0 radical (unpaired) electrons. The Labute approximate surface area is 144 Å². The van der Waals surface area contributed by atoms with E-state index in [0.717, 1.165) is 49.2 Å². The molecule has 0 bridgehead atoms. The molecule has 2 amide bonds. The number of nitrogens with zero attached hydrogens (tertiary/aromatic N) is 1. The number of rotatable bonds is 4. The van der Waals surface area contributed by atoms with Crippen molar-refractivity contribution in [3.63, 3.8) is 0 Å². The van der Waals surface area contributed by atoms with Crippen molar-refractivity contribution in [1.82, 2.24) is 4.90 Å². The summed E-state index contributed by atoms with van der Waals surface area (Å²) in [6, 6.07) is 6.06. The summed E-state index contributed by atoms with van der Waals surface area (Å²) in [5.41, 5.74) is 2.26. The number of carbonyl (C=O) groups is 2. The Morgan fingerprint density at radius 1 is 1.12 bits per heavy atom. The number of hydrogen-bond donors (Lipinski definition) is 1. The van der Waals surface area contributed by atoms with E-state index in [1.807, 2.05) is 30.0 Å². The van der Waals surface area contributed by atoms with Crippen LogP contribution in [-0.2, 0) is 16.0 Å². The summed E-state index contributed by atoms with van der Waals surface area (Å²) in [6.45, 7) is 5.70. The fourth-order valence-corrected chi connectivity index (χ4v) is 3.67. The lowest BCUT2D eigenvalue weighted by Crippen LogP contribution is -2.43. The maximum absolute atomic E-state index is 13.0. The second kappa shape index (κ2) is 6.96. The molecule has 1 aliphatic carbocycles. The minimum absolute atomic E-state index is 0.0496. The monoisotopic (exact) mass is 328 g/mol. The van der Waals surface area contributed by atoms with Gasteiger partial charge >= 0.3 is 0 Å².